The van der Waals surface area contributed by atoms with Crippen LogP contribution >= 0.6 is 0 Å². The molecule has 0 radical (unpaired) electrons. The van der Waals surface area contributed by atoms with Gasteiger partial charge in [-0.05, 0) is 25.8 Å². The summed E-state index contributed by atoms with van der Waals surface area (Å²) in [5, 5.41) is 2.72. The van der Waals surface area contributed by atoms with Crippen molar-refractivity contribution in [1.82, 2.24) is 10.3 Å². The van der Waals surface area contributed by atoms with Crippen LogP contribution in [0.15, 0.2) is 18.3 Å². The van der Waals surface area contributed by atoms with Gasteiger partial charge in [-0.25, -0.2) is 4.98 Å². The molecule has 0 aliphatic carbocycles. The molecule has 2 heterocycles. The molecule has 1 aromatic rings. The molecule has 5 nitrogen and oxygen atoms in total. The van der Waals surface area contributed by atoms with Crippen molar-refractivity contribution in [3.05, 3.63) is 23.9 Å². The van der Waals surface area contributed by atoms with Crippen molar-refractivity contribution in [3.8, 4) is 5.88 Å². The number of halogens is 3. The number of hydrogen-bond acceptors (Lipinski definition) is 4. The van der Waals surface area contributed by atoms with E-state index in [0.717, 1.165) is 12.8 Å². The third-order valence-corrected chi connectivity index (χ3v) is 3.62. The van der Waals surface area contributed by atoms with Crippen molar-refractivity contribution < 1.29 is 27.4 Å². The van der Waals surface area contributed by atoms with Crippen LogP contribution in [0.2, 0.25) is 0 Å². The van der Waals surface area contributed by atoms with Gasteiger partial charge in [0.05, 0.1) is 12.0 Å². The van der Waals surface area contributed by atoms with Gasteiger partial charge in [-0.15, -0.1) is 0 Å². The number of alkyl halides is 3. The highest BCUT2D eigenvalue weighted by Crippen LogP contribution is 2.22. The number of carbonyl (C=O) groups is 1. The first kappa shape index (κ1) is 17.5. The molecule has 2 rings (SSSR count). The molecule has 2 atom stereocenters. The van der Waals surface area contributed by atoms with E-state index in [0.29, 0.717) is 12.2 Å². The summed E-state index contributed by atoms with van der Waals surface area (Å²) in [6.07, 6.45) is -1.72. The summed E-state index contributed by atoms with van der Waals surface area (Å²) in [5.74, 6) is -0.555. The van der Waals surface area contributed by atoms with E-state index in [9.17, 15) is 18.0 Å². The lowest BCUT2D eigenvalue weighted by molar-refractivity contribution is -0.154. The van der Waals surface area contributed by atoms with Gasteiger partial charge in [-0.3, -0.25) is 4.79 Å². The van der Waals surface area contributed by atoms with Gasteiger partial charge in [0.2, 0.25) is 11.8 Å². The molecule has 1 aliphatic rings. The van der Waals surface area contributed by atoms with E-state index in [1.807, 2.05) is 6.92 Å². The topological polar surface area (TPSA) is 60.5 Å². The van der Waals surface area contributed by atoms with E-state index in [1.165, 1.54) is 6.20 Å². The highest BCUT2D eigenvalue weighted by molar-refractivity contribution is 5.79. The van der Waals surface area contributed by atoms with Gasteiger partial charge in [0.25, 0.3) is 0 Å². The molecular weight excluding hydrogens is 313 g/mol. The maximum absolute atomic E-state index is 12.2. The van der Waals surface area contributed by atoms with Crippen LogP contribution in [0.4, 0.5) is 13.2 Å². The summed E-state index contributed by atoms with van der Waals surface area (Å²) in [7, 11) is 0. The van der Waals surface area contributed by atoms with Gasteiger partial charge < -0.3 is 14.8 Å². The quantitative estimate of drug-likeness (QED) is 0.900. The summed E-state index contributed by atoms with van der Waals surface area (Å²) in [6.45, 7) is 1.12. The molecule has 1 saturated heterocycles. The van der Waals surface area contributed by atoms with Crippen LogP contribution in [0.25, 0.3) is 0 Å². The van der Waals surface area contributed by atoms with E-state index in [1.54, 1.807) is 12.1 Å². The molecule has 0 aromatic carbocycles. The number of nitrogens with one attached hydrogen (secondary N) is 1. The van der Waals surface area contributed by atoms with Crippen LogP contribution in [-0.4, -0.2) is 36.4 Å². The van der Waals surface area contributed by atoms with Gasteiger partial charge in [0.15, 0.2) is 6.61 Å². The first-order chi connectivity index (χ1) is 10.9. The zero-order chi connectivity index (χ0) is 16.9. The number of ether oxygens (including phenoxy) is 2. The second kappa shape index (κ2) is 7.63. The third kappa shape index (κ3) is 5.38. The Bertz CT molecular complexity index is 537. The number of hydrogen-bond donors (Lipinski definition) is 1. The summed E-state index contributed by atoms with van der Waals surface area (Å²) in [4.78, 5) is 16.0. The van der Waals surface area contributed by atoms with Crippen LogP contribution in [0.3, 0.4) is 0 Å². The number of aromatic nitrogens is 1. The standard InChI is InChI=1S/C15H19F3N2O3/c1-10-12(5-3-7-22-10)13(21)20-8-11-4-2-6-19-14(11)23-9-15(16,17)18/h2,4,6,10,12H,3,5,7-9H2,1H3,(H,20,21). The van der Waals surface area contributed by atoms with Crippen LogP contribution in [0.1, 0.15) is 25.3 Å². The first-order valence-electron chi connectivity index (χ1n) is 7.39. The minimum atomic E-state index is -4.44. The molecule has 0 bridgehead atoms. The number of carbonyl (C=O) groups excluding carboxylic acids is 1. The van der Waals surface area contributed by atoms with Gasteiger partial charge in [0, 0.05) is 24.9 Å². The summed E-state index contributed by atoms with van der Waals surface area (Å²) in [5.41, 5.74) is 0.398. The lowest BCUT2D eigenvalue weighted by atomic mass is 9.94. The minimum Gasteiger partial charge on any atom is -0.468 e. The lowest BCUT2D eigenvalue weighted by Crippen LogP contribution is -2.40. The largest absolute Gasteiger partial charge is 0.468 e. The molecule has 1 aromatic heterocycles. The maximum Gasteiger partial charge on any atom is 0.422 e. The van der Waals surface area contributed by atoms with Crippen LogP contribution in [-0.2, 0) is 16.1 Å². The smallest absolute Gasteiger partial charge is 0.422 e. The Morgan fingerprint density at radius 2 is 2.30 bits per heavy atom. The second-order valence-electron chi connectivity index (χ2n) is 5.41. The molecule has 8 heteroatoms. The van der Waals surface area contributed by atoms with Gasteiger partial charge in [-0.1, -0.05) is 6.07 Å². The molecular formula is C15H19F3N2O3. The van der Waals surface area contributed by atoms with Crippen molar-refractivity contribution in [2.45, 2.75) is 38.6 Å². The van der Waals surface area contributed by atoms with Crippen LogP contribution < -0.4 is 10.1 Å². The molecule has 1 aliphatic heterocycles. The van der Waals surface area contributed by atoms with E-state index < -0.39 is 12.8 Å². The van der Waals surface area contributed by atoms with Crippen molar-refractivity contribution >= 4 is 5.91 Å². The van der Waals surface area contributed by atoms with Crippen molar-refractivity contribution in [2.75, 3.05) is 13.2 Å². The van der Waals surface area contributed by atoms with Crippen LogP contribution in [0, 0.1) is 5.92 Å². The summed E-state index contributed by atoms with van der Waals surface area (Å²) in [6, 6.07) is 3.15. The Kier molecular flexibility index (Phi) is 5.81. The van der Waals surface area contributed by atoms with Gasteiger partial charge in [0.1, 0.15) is 0 Å². The molecule has 0 saturated carbocycles. The monoisotopic (exact) mass is 332 g/mol. The fraction of sp³-hybridized carbons (Fsp3) is 0.600. The Balaban J connectivity index is 1.93. The van der Waals surface area contributed by atoms with Gasteiger partial charge in [-0.2, -0.15) is 13.2 Å². The number of rotatable bonds is 5. The van der Waals surface area contributed by atoms with E-state index in [-0.39, 0.29) is 30.4 Å². The highest BCUT2D eigenvalue weighted by atomic mass is 19.4. The zero-order valence-corrected chi connectivity index (χ0v) is 12.7. The molecule has 2 unspecified atom stereocenters. The van der Waals surface area contributed by atoms with E-state index >= 15 is 0 Å². The average Bonchev–Trinajstić information content (AvgIpc) is 2.51. The fourth-order valence-corrected chi connectivity index (χ4v) is 2.42. The van der Waals surface area contributed by atoms with Crippen LogP contribution in [0.5, 0.6) is 5.88 Å². The SMILES string of the molecule is CC1OCCCC1C(=O)NCc1cccnc1OCC(F)(F)F. The Morgan fingerprint density at radius 3 is 3.00 bits per heavy atom. The van der Waals surface area contributed by atoms with E-state index in [4.69, 9.17) is 4.74 Å². The normalized spacial score (nSPS) is 21.7. The summed E-state index contributed by atoms with van der Waals surface area (Å²) >= 11 is 0. The molecule has 1 fully saturated rings. The lowest BCUT2D eigenvalue weighted by Gasteiger charge is -2.28. The molecule has 23 heavy (non-hydrogen) atoms. The number of amides is 1. The Morgan fingerprint density at radius 1 is 1.52 bits per heavy atom. The highest BCUT2D eigenvalue weighted by Gasteiger charge is 2.30. The second-order valence-corrected chi connectivity index (χ2v) is 5.41. The predicted octanol–water partition coefficient (Wildman–Crippen LogP) is 2.45. The molecule has 128 valence electrons. The van der Waals surface area contributed by atoms with Gasteiger partial charge >= 0.3 is 6.18 Å². The number of pyridine rings is 1. The maximum atomic E-state index is 12.2. The van der Waals surface area contributed by atoms with Crippen molar-refractivity contribution in [1.29, 1.82) is 0 Å². The summed E-state index contributed by atoms with van der Waals surface area (Å²) < 4.78 is 46.8. The minimum absolute atomic E-state index is 0.0586. The van der Waals surface area contributed by atoms with Crippen molar-refractivity contribution in [3.63, 3.8) is 0 Å². The predicted molar refractivity (Wildman–Crippen MR) is 75.8 cm³/mol. The molecule has 1 N–H and O–H groups in total. The molecule has 1 amide bonds. The fourth-order valence-electron chi connectivity index (χ4n) is 2.42. The Labute approximate surface area is 132 Å². The number of nitrogens with zero attached hydrogens (tertiary/aromatic N) is 1. The first-order valence-corrected chi connectivity index (χ1v) is 7.39. The Hall–Kier alpha value is -1.83. The van der Waals surface area contributed by atoms with E-state index in [2.05, 4.69) is 15.0 Å². The zero-order valence-electron chi connectivity index (χ0n) is 12.7. The molecule has 0 spiro atoms. The van der Waals surface area contributed by atoms with Crippen molar-refractivity contribution in [2.24, 2.45) is 5.92 Å². The third-order valence-electron chi connectivity index (χ3n) is 3.62. The average molecular weight is 332 g/mol.